The smallest absolute Gasteiger partial charge is 0.408 e. The molecule has 3 aromatic heterocycles. The van der Waals surface area contributed by atoms with Crippen molar-refractivity contribution in [2.24, 2.45) is 5.41 Å². The molecule has 1 saturated heterocycles. The van der Waals surface area contributed by atoms with Crippen molar-refractivity contribution in [2.45, 2.75) is 71.8 Å². The summed E-state index contributed by atoms with van der Waals surface area (Å²) in [5.41, 5.74) is -0.117. The van der Waals surface area contributed by atoms with Crippen LogP contribution < -0.4 is 10.1 Å². The molecule has 4 rings (SSSR count). The number of aromatic nitrogens is 3. The molecule has 0 radical (unpaired) electrons. The second kappa shape index (κ2) is 11.4. The molecular weight excluding hydrogens is 534 g/mol. The van der Waals surface area contributed by atoms with E-state index in [1.165, 1.54) is 23.3 Å². The molecule has 3 aromatic rings. The molecule has 0 saturated carbocycles. The molecule has 40 heavy (non-hydrogen) atoms. The molecule has 1 fully saturated rings. The van der Waals surface area contributed by atoms with Gasteiger partial charge in [-0.3, -0.25) is 9.78 Å². The molecule has 214 valence electrons. The minimum Gasteiger partial charge on any atom is -0.471 e. The number of pyridine rings is 1. The first-order chi connectivity index (χ1) is 18.8. The predicted molar refractivity (Wildman–Crippen MR) is 150 cm³/mol. The van der Waals surface area contributed by atoms with Crippen LogP contribution in [-0.2, 0) is 19.1 Å². The third-order valence-electron chi connectivity index (χ3n) is 6.24. The van der Waals surface area contributed by atoms with Gasteiger partial charge in [0.25, 0.3) is 0 Å². The minimum absolute atomic E-state index is 0.0942. The second-order valence-corrected chi connectivity index (χ2v) is 12.6. The molecule has 12 heteroatoms. The van der Waals surface area contributed by atoms with E-state index in [0.717, 1.165) is 4.70 Å². The van der Waals surface area contributed by atoms with Gasteiger partial charge in [-0.25, -0.2) is 14.6 Å². The Labute approximate surface area is 237 Å². The summed E-state index contributed by atoms with van der Waals surface area (Å²) in [5, 5.41) is 4.60. The van der Waals surface area contributed by atoms with Crippen LogP contribution in [0.25, 0.3) is 21.7 Å². The van der Waals surface area contributed by atoms with Gasteiger partial charge in [0.1, 0.15) is 34.2 Å². The van der Waals surface area contributed by atoms with Gasteiger partial charge in [0.15, 0.2) is 5.82 Å². The number of likely N-dealkylation sites (tertiary alicyclic amines) is 1. The molecular formula is C28H35N5O6S. The highest BCUT2D eigenvalue weighted by Crippen LogP contribution is 2.34. The first kappa shape index (κ1) is 29.2. The third kappa shape index (κ3) is 6.67. The number of thiophene rings is 1. The van der Waals surface area contributed by atoms with Crippen molar-refractivity contribution < 1.29 is 28.6 Å². The van der Waals surface area contributed by atoms with Gasteiger partial charge in [-0.15, -0.1) is 11.3 Å². The number of hydrogen-bond acceptors (Lipinski definition) is 10. The number of nitrogens with one attached hydrogen (secondary N) is 1. The number of amides is 2. The van der Waals surface area contributed by atoms with Crippen LogP contribution >= 0.6 is 11.3 Å². The van der Waals surface area contributed by atoms with E-state index in [1.807, 2.05) is 50.4 Å². The van der Waals surface area contributed by atoms with E-state index >= 15 is 0 Å². The van der Waals surface area contributed by atoms with Gasteiger partial charge in [0.2, 0.25) is 11.8 Å². The maximum atomic E-state index is 13.9. The zero-order valence-electron chi connectivity index (χ0n) is 23.8. The molecule has 0 unspecified atom stereocenters. The Morgan fingerprint density at radius 2 is 1.85 bits per heavy atom. The van der Waals surface area contributed by atoms with Crippen LogP contribution in [0.4, 0.5) is 4.79 Å². The van der Waals surface area contributed by atoms with E-state index in [2.05, 4.69) is 20.3 Å². The van der Waals surface area contributed by atoms with Crippen molar-refractivity contribution in [3.63, 3.8) is 0 Å². The zero-order valence-corrected chi connectivity index (χ0v) is 24.6. The molecule has 0 spiro atoms. The topological polar surface area (TPSA) is 133 Å². The van der Waals surface area contributed by atoms with Crippen LogP contribution in [0.3, 0.4) is 0 Å². The number of rotatable bonds is 6. The summed E-state index contributed by atoms with van der Waals surface area (Å²) in [6, 6.07) is 5.48. The highest BCUT2D eigenvalue weighted by molar-refractivity contribution is 7.17. The quantitative estimate of drug-likeness (QED) is 0.433. The largest absolute Gasteiger partial charge is 0.471 e. The number of carbonyl (C=O) groups is 3. The molecule has 1 aliphatic heterocycles. The molecule has 0 aliphatic carbocycles. The first-order valence-electron chi connectivity index (χ1n) is 13.0. The number of nitrogens with zero attached hydrogens (tertiary/aromatic N) is 4. The average molecular weight is 570 g/mol. The van der Waals surface area contributed by atoms with E-state index in [4.69, 9.17) is 14.2 Å². The molecule has 3 atom stereocenters. The van der Waals surface area contributed by atoms with Gasteiger partial charge in [-0.05, 0) is 49.8 Å². The van der Waals surface area contributed by atoms with Gasteiger partial charge < -0.3 is 24.4 Å². The number of ether oxygens (including phenoxy) is 3. The van der Waals surface area contributed by atoms with E-state index in [1.54, 1.807) is 27.0 Å². The fourth-order valence-electron chi connectivity index (χ4n) is 4.41. The van der Waals surface area contributed by atoms with Crippen LogP contribution in [0, 0.1) is 5.41 Å². The lowest BCUT2D eigenvalue weighted by molar-refractivity contribution is -0.152. The van der Waals surface area contributed by atoms with E-state index in [9.17, 15) is 14.4 Å². The van der Waals surface area contributed by atoms with Crippen molar-refractivity contribution in [3.8, 4) is 17.4 Å². The monoisotopic (exact) mass is 569 g/mol. The first-order valence-corrected chi connectivity index (χ1v) is 13.9. The molecule has 0 bridgehead atoms. The number of methoxy groups -OCH3 is 1. The summed E-state index contributed by atoms with van der Waals surface area (Å²) in [6.07, 6.45) is 0.574. The van der Waals surface area contributed by atoms with Gasteiger partial charge in [0.05, 0.1) is 19.2 Å². The lowest BCUT2D eigenvalue weighted by Crippen LogP contribution is -2.57. The SMILES string of the molecule is COC(=O)[C@@H]1C[C@@H](Oc2nc(-c3ccccn3)nc3ccsc23)CN1C(=O)[C@@H](NC(=O)OC(C)(C)C)C(C)(C)C. The third-order valence-corrected chi connectivity index (χ3v) is 7.13. The minimum atomic E-state index is -0.966. The lowest BCUT2D eigenvalue weighted by Gasteiger charge is -2.35. The lowest BCUT2D eigenvalue weighted by atomic mass is 9.85. The standard InChI is InChI=1S/C28H35N5O6S/c1-27(2,3)21(31-26(36)39-28(4,5)6)24(34)33-15-16(14-19(33)25(35)37-7)38-23-20-17(11-13-40-20)30-22(32-23)18-10-8-9-12-29-18/h8-13,16,19,21H,14-15H2,1-7H3,(H,31,36)/t16-,19+,21-/m1/s1. The molecule has 1 aliphatic rings. The number of hydrogen-bond donors (Lipinski definition) is 1. The average Bonchev–Trinajstić information content (AvgIpc) is 3.53. The number of fused-ring (bicyclic) bond motifs is 1. The van der Waals surface area contributed by atoms with Crippen LogP contribution in [0.5, 0.6) is 5.88 Å². The fraction of sp³-hybridized carbons (Fsp3) is 0.500. The summed E-state index contributed by atoms with van der Waals surface area (Å²) < 4.78 is 17.5. The Morgan fingerprint density at radius 3 is 2.48 bits per heavy atom. The molecule has 1 N–H and O–H groups in total. The summed E-state index contributed by atoms with van der Waals surface area (Å²) in [4.78, 5) is 54.3. The van der Waals surface area contributed by atoms with Gasteiger partial charge in [0, 0.05) is 12.6 Å². The Morgan fingerprint density at radius 1 is 1.10 bits per heavy atom. The molecule has 0 aromatic carbocycles. The normalized spacial score (nSPS) is 18.3. The van der Waals surface area contributed by atoms with Crippen LogP contribution in [0.1, 0.15) is 48.0 Å². The van der Waals surface area contributed by atoms with E-state index in [-0.39, 0.29) is 13.0 Å². The van der Waals surface area contributed by atoms with Crippen LogP contribution in [0.2, 0.25) is 0 Å². The predicted octanol–water partition coefficient (Wildman–Crippen LogP) is 4.21. The highest BCUT2D eigenvalue weighted by atomic mass is 32.1. The summed E-state index contributed by atoms with van der Waals surface area (Å²) in [5.74, 6) is -0.241. The highest BCUT2D eigenvalue weighted by Gasteiger charge is 2.46. The van der Waals surface area contributed by atoms with Crippen molar-refractivity contribution in [1.29, 1.82) is 0 Å². The van der Waals surface area contributed by atoms with Crippen molar-refractivity contribution in [2.75, 3.05) is 13.7 Å². The summed E-state index contributed by atoms with van der Waals surface area (Å²) in [7, 11) is 1.28. The van der Waals surface area contributed by atoms with Crippen molar-refractivity contribution >= 4 is 39.5 Å². The summed E-state index contributed by atoms with van der Waals surface area (Å²) in [6.45, 7) is 10.8. The number of esters is 1. The number of alkyl carbamates (subject to hydrolysis) is 1. The Kier molecular flexibility index (Phi) is 8.29. The maximum absolute atomic E-state index is 13.9. The molecule has 2 amide bonds. The van der Waals surface area contributed by atoms with E-state index < -0.39 is 47.2 Å². The zero-order chi connectivity index (χ0) is 29.2. The number of carbonyl (C=O) groups excluding carboxylic acids is 3. The fourth-order valence-corrected chi connectivity index (χ4v) is 5.17. The Bertz CT molecular complexity index is 1380. The van der Waals surface area contributed by atoms with Gasteiger partial charge in [-0.1, -0.05) is 26.8 Å². The van der Waals surface area contributed by atoms with Gasteiger partial charge >= 0.3 is 12.1 Å². The second-order valence-electron chi connectivity index (χ2n) is 11.7. The Balaban J connectivity index is 1.61. The van der Waals surface area contributed by atoms with Crippen LogP contribution in [-0.4, -0.2) is 75.3 Å². The van der Waals surface area contributed by atoms with Gasteiger partial charge in [-0.2, -0.15) is 4.98 Å². The molecule has 11 nitrogen and oxygen atoms in total. The summed E-state index contributed by atoms with van der Waals surface area (Å²) >= 11 is 1.44. The van der Waals surface area contributed by atoms with Crippen molar-refractivity contribution in [1.82, 2.24) is 25.2 Å². The molecule has 4 heterocycles. The Hall–Kier alpha value is -3.80. The van der Waals surface area contributed by atoms with E-state index in [0.29, 0.717) is 22.9 Å². The van der Waals surface area contributed by atoms with Crippen molar-refractivity contribution in [3.05, 3.63) is 35.8 Å². The maximum Gasteiger partial charge on any atom is 0.408 e. The van der Waals surface area contributed by atoms with Crippen LogP contribution in [0.15, 0.2) is 35.8 Å².